The summed E-state index contributed by atoms with van der Waals surface area (Å²) in [5, 5.41) is 12.5. The molecule has 1 aromatic carbocycles. The van der Waals surface area contributed by atoms with Gasteiger partial charge in [0.25, 0.3) is 5.91 Å². The highest BCUT2D eigenvalue weighted by Gasteiger charge is 2.40. The molecule has 1 saturated heterocycles. The first-order valence-electron chi connectivity index (χ1n) is 8.54. The quantitative estimate of drug-likeness (QED) is 0.839. The largest absolute Gasteiger partial charge is 0.478 e. The molecule has 0 aliphatic carbocycles. The second-order valence-electron chi connectivity index (χ2n) is 6.49. The summed E-state index contributed by atoms with van der Waals surface area (Å²) in [4.78, 5) is 25.1. The number of hydrogen-bond acceptors (Lipinski definition) is 4. The molecule has 1 aromatic heterocycles. The van der Waals surface area contributed by atoms with Crippen molar-refractivity contribution >= 4 is 11.9 Å². The van der Waals surface area contributed by atoms with Crippen LogP contribution in [0.15, 0.2) is 30.5 Å². The summed E-state index contributed by atoms with van der Waals surface area (Å²) in [5.41, 5.74) is -2.03. The number of carbonyl (C=O) groups excluding carboxylic acids is 1. The number of carbonyl (C=O) groups is 2. The summed E-state index contributed by atoms with van der Waals surface area (Å²) in [7, 11) is 1.63. The van der Waals surface area contributed by atoms with Gasteiger partial charge in [-0.25, -0.2) is 9.48 Å². The predicted octanol–water partition coefficient (Wildman–Crippen LogP) is 2.84. The van der Waals surface area contributed by atoms with Crippen LogP contribution in [0.25, 0.3) is 5.69 Å². The number of likely N-dealkylation sites (N-methyl/N-ethyl adjacent to an activating group) is 1. The van der Waals surface area contributed by atoms with Gasteiger partial charge in [0.1, 0.15) is 5.56 Å². The first-order valence-corrected chi connectivity index (χ1v) is 8.54. The molecule has 0 spiro atoms. The minimum absolute atomic E-state index is 0.00171. The number of hydrogen-bond donors (Lipinski definition) is 1. The molecule has 0 radical (unpaired) electrons. The molecule has 0 saturated carbocycles. The van der Waals surface area contributed by atoms with Gasteiger partial charge in [-0.1, -0.05) is 0 Å². The Morgan fingerprint density at radius 1 is 1.32 bits per heavy atom. The van der Waals surface area contributed by atoms with Crippen LogP contribution in [0.5, 0.6) is 0 Å². The summed E-state index contributed by atoms with van der Waals surface area (Å²) in [6.07, 6.45) is -2.44. The van der Waals surface area contributed by atoms with E-state index in [1.54, 1.807) is 7.05 Å². The first kappa shape index (κ1) is 19.9. The van der Waals surface area contributed by atoms with E-state index in [0.29, 0.717) is 29.6 Å². The summed E-state index contributed by atoms with van der Waals surface area (Å²) < 4.78 is 45.9. The van der Waals surface area contributed by atoms with Gasteiger partial charge in [-0.3, -0.25) is 4.79 Å². The van der Waals surface area contributed by atoms with Crippen LogP contribution in [0.2, 0.25) is 0 Å². The summed E-state index contributed by atoms with van der Waals surface area (Å²) in [6.45, 7) is 1.10. The number of nitrogens with zero attached hydrogens (tertiary/aromatic N) is 3. The first-order chi connectivity index (χ1) is 13.2. The second kappa shape index (κ2) is 7.63. The Bertz CT molecular complexity index is 871. The zero-order chi connectivity index (χ0) is 20.5. The summed E-state index contributed by atoms with van der Waals surface area (Å²) in [6, 6.07) is 5.35. The van der Waals surface area contributed by atoms with Crippen molar-refractivity contribution in [3.63, 3.8) is 0 Å². The Morgan fingerprint density at radius 2 is 2.00 bits per heavy atom. The molecule has 2 aromatic rings. The van der Waals surface area contributed by atoms with Gasteiger partial charge in [0.15, 0.2) is 5.69 Å². The van der Waals surface area contributed by atoms with Gasteiger partial charge in [-0.2, -0.15) is 18.3 Å². The lowest BCUT2D eigenvalue weighted by Crippen LogP contribution is -2.34. The van der Waals surface area contributed by atoms with Crippen LogP contribution in [-0.2, 0) is 10.9 Å². The van der Waals surface area contributed by atoms with Crippen LogP contribution >= 0.6 is 0 Å². The molecule has 1 aliphatic heterocycles. The van der Waals surface area contributed by atoms with E-state index in [2.05, 4.69) is 5.10 Å². The van der Waals surface area contributed by atoms with E-state index in [4.69, 9.17) is 9.84 Å². The lowest BCUT2D eigenvalue weighted by molar-refractivity contribution is -0.143. The average Bonchev–Trinajstić information content (AvgIpc) is 3.30. The lowest BCUT2D eigenvalue weighted by atomic mass is 10.1. The maximum absolute atomic E-state index is 13.3. The molecule has 1 unspecified atom stereocenters. The van der Waals surface area contributed by atoms with Gasteiger partial charge in [0.05, 0.1) is 18.0 Å². The fourth-order valence-corrected chi connectivity index (χ4v) is 3.12. The smallest absolute Gasteiger partial charge is 0.434 e. The third-order valence-electron chi connectivity index (χ3n) is 4.48. The Labute approximate surface area is 158 Å². The molecule has 1 aliphatic rings. The highest BCUT2D eigenvalue weighted by Crippen LogP contribution is 2.33. The fourth-order valence-electron chi connectivity index (χ4n) is 3.12. The highest BCUT2D eigenvalue weighted by atomic mass is 19.4. The van der Waals surface area contributed by atoms with Crippen molar-refractivity contribution in [1.82, 2.24) is 14.7 Å². The molecule has 1 fully saturated rings. The molecule has 1 amide bonds. The van der Waals surface area contributed by atoms with Gasteiger partial charge < -0.3 is 14.7 Å². The molecule has 2 heterocycles. The van der Waals surface area contributed by atoms with Crippen molar-refractivity contribution in [2.45, 2.75) is 25.1 Å². The number of alkyl halides is 3. The van der Waals surface area contributed by atoms with Crippen LogP contribution in [0.4, 0.5) is 13.2 Å². The van der Waals surface area contributed by atoms with Crippen LogP contribution in [0, 0.1) is 0 Å². The molecule has 150 valence electrons. The van der Waals surface area contributed by atoms with E-state index in [-0.39, 0.29) is 17.7 Å². The Balaban J connectivity index is 1.83. The number of halogens is 3. The number of amides is 1. The Kier molecular flexibility index (Phi) is 5.41. The average molecular weight is 397 g/mol. The minimum Gasteiger partial charge on any atom is -0.478 e. The standard InChI is InChI=1S/C18H18F3N3O4/c1-23(10-13-3-2-8-28-13)16(25)11-4-6-12(7-5-11)24-15(18(19,20)21)14(9-22-24)17(26)27/h4-7,9,13H,2-3,8,10H2,1H3,(H,26,27). The lowest BCUT2D eigenvalue weighted by Gasteiger charge is -2.21. The molecule has 0 bridgehead atoms. The monoisotopic (exact) mass is 397 g/mol. The van der Waals surface area contributed by atoms with Crippen molar-refractivity contribution in [3.05, 3.63) is 47.3 Å². The Hall–Kier alpha value is -2.88. The van der Waals surface area contributed by atoms with E-state index >= 15 is 0 Å². The zero-order valence-corrected chi connectivity index (χ0v) is 14.9. The molecule has 3 rings (SSSR count). The number of carboxylic acid groups (broad SMARTS) is 1. The molecule has 1 N–H and O–H groups in total. The minimum atomic E-state index is -4.90. The maximum Gasteiger partial charge on any atom is 0.434 e. The number of carboxylic acids is 1. The van der Waals surface area contributed by atoms with Gasteiger partial charge in [0.2, 0.25) is 0 Å². The van der Waals surface area contributed by atoms with E-state index in [9.17, 15) is 22.8 Å². The van der Waals surface area contributed by atoms with Crippen molar-refractivity contribution in [2.75, 3.05) is 20.2 Å². The third-order valence-corrected chi connectivity index (χ3v) is 4.48. The van der Waals surface area contributed by atoms with E-state index in [1.807, 2.05) is 0 Å². The third kappa shape index (κ3) is 4.01. The van der Waals surface area contributed by atoms with E-state index in [1.165, 1.54) is 29.2 Å². The summed E-state index contributed by atoms with van der Waals surface area (Å²) in [5.74, 6) is -2.01. The Morgan fingerprint density at radius 3 is 2.54 bits per heavy atom. The molecule has 7 nitrogen and oxygen atoms in total. The molecular formula is C18H18F3N3O4. The number of rotatable bonds is 5. The number of benzene rings is 1. The molecule has 28 heavy (non-hydrogen) atoms. The number of aromatic nitrogens is 2. The van der Waals surface area contributed by atoms with Crippen molar-refractivity contribution in [2.24, 2.45) is 0 Å². The topological polar surface area (TPSA) is 84.7 Å². The normalized spacial score (nSPS) is 16.9. The van der Waals surface area contributed by atoms with Crippen LogP contribution in [0.3, 0.4) is 0 Å². The van der Waals surface area contributed by atoms with Gasteiger partial charge in [-0.05, 0) is 37.1 Å². The molecule has 1 atom stereocenters. The highest BCUT2D eigenvalue weighted by molar-refractivity contribution is 5.94. The van der Waals surface area contributed by atoms with Gasteiger partial charge in [-0.15, -0.1) is 0 Å². The zero-order valence-electron chi connectivity index (χ0n) is 14.9. The molecular weight excluding hydrogens is 379 g/mol. The molecule has 10 heteroatoms. The SMILES string of the molecule is CN(CC1CCCO1)C(=O)c1ccc(-n2ncc(C(=O)O)c2C(F)(F)F)cc1. The van der Waals surface area contributed by atoms with Crippen LogP contribution < -0.4 is 0 Å². The number of aromatic carboxylic acids is 1. The van der Waals surface area contributed by atoms with Crippen molar-refractivity contribution in [3.8, 4) is 5.69 Å². The van der Waals surface area contributed by atoms with Crippen LogP contribution in [0.1, 0.15) is 39.3 Å². The van der Waals surface area contributed by atoms with Crippen molar-refractivity contribution in [1.29, 1.82) is 0 Å². The summed E-state index contributed by atoms with van der Waals surface area (Å²) >= 11 is 0. The van der Waals surface area contributed by atoms with Crippen molar-refractivity contribution < 1.29 is 32.6 Å². The maximum atomic E-state index is 13.3. The van der Waals surface area contributed by atoms with Crippen LogP contribution in [-0.4, -0.2) is 58.0 Å². The number of ether oxygens (including phenoxy) is 1. The van der Waals surface area contributed by atoms with E-state index < -0.39 is 23.4 Å². The van der Waals surface area contributed by atoms with E-state index in [0.717, 1.165) is 12.8 Å². The predicted molar refractivity (Wildman–Crippen MR) is 91.5 cm³/mol. The second-order valence-corrected chi connectivity index (χ2v) is 6.49. The van der Waals surface area contributed by atoms with Gasteiger partial charge in [0, 0.05) is 25.8 Å². The van der Waals surface area contributed by atoms with Gasteiger partial charge >= 0.3 is 12.1 Å². The fraction of sp³-hybridized carbons (Fsp3) is 0.389.